The number of carbonyl (C=O) groups excluding carboxylic acids is 1. The summed E-state index contributed by atoms with van der Waals surface area (Å²) in [6, 6.07) is 0. The number of amides is 1. The van der Waals surface area contributed by atoms with Crippen molar-refractivity contribution in [1.82, 2.24) is 4.72 Å². The van der Waals surface area contributed by atoms with Gasteiger partial charge in [-0.2, -0.15) is 0 Å². The number of carbonyl (C=O) groups is 1. The van der Waals surface area contributed by atoms with Crippen molar-refractivity contribution in [2.75, 3.05) is 13.2 Å². The van der Waals surface area contributed by atoms with E-state index in [4.69, 9.17) is 9.47 Å². The van der Waals surface area contributed by atoms with E-state index in [1.807, 2.05) is 0 Å². The summed E-state index contributed by atoms with van der Waals surface area (Å²) in [6.45, 7) is 1.10. The van der Waals surface area contributed by atoms with Crippen molar-refractivity contribution in [3.63, 3.8) is 0 Å². The van der Waals surface area contributed by atoms with Gasteiger partial charge in [-0.05, 0) is 19.3 Å². The first-order chi connectivity index (χ1) is 8.08. The molecule has 0 aromatic rings. The lowest BCUT2D eigenvalue weighted by atomic mass is 10.0. The maximum atomic E-state index is 11.7. The van der Waals surface area contributed by atoms with Crippen molar-refractivity contribution < 1.29 is 22.7 Å². The van der Waals surface area contributed by atoms with Crippen molar-refractivity contribution in [2.24, 2.45) is 0 Å². The topological polar surface area (TPSA) is 81.7 Å². The SMILES string of the molecule is O=C(CC1OCCCO1)NS(=O)(=O)C1CCC1. The molecule has 1 saturated heterocycles. The normalized spacial score (nSPS) is 23.1. The average molecular weight is 263 g/mol. The molecule has 0 radical (unpaired) electrons. The second-order valence-corrected chi connectivity index (χ2v) is 6.31. The summed E-state index contributed by atoms with van der Waals surface area (Å²) < 4.78 is 35.8. The smallest absolute Gasteiger partial charge is 0.238 e. The highest BCUT2D eigenvalue weighted by Gasteiger charge is 2.33. The molecule has 0 spiro atoms. The quantitative estimate of drug-likeness (QED) is 0.780. The number of hydrogen-bond donors (Lipinski definition) is 1. The van der Waals surface area contributed by atoms with Crippen LogP contribution in [0.1, 0.15) is 32.1 Å². The Morgan fingerprint density at radius 3 is 2.35 bits per heavy atom. The number of ether oxygens (including phenoxy) is 2. The van der Waals surface area contributed by atoms with Crippen molar-refractivity contribution in [3.8, 4) is 0 Å². The van der Waals surface area contributed by atoms with E-state index in [1.54, 1.807) is 0 Å². The molecule has 0 bridgehead atoms. The molecular formula is C10H17NO5S. The first-order valence-electron chi connectivity index (χ1n) is 5.85. The van der Waals surface area contributed by atoms with E-state index < -0.39 is 27.5 Å². The van der Waals surface area contributed by atoms with Crippen LogP contribution in [0.4, 0.5) is 0 Å². The Morgan fingerprint density at radius 2 is 1.82 bits per heavy atom. The van der Waals surface area contributed by atoms with Gasteiger partial charge in [0.15, 0.2) is 6.29 Å². The minimum atomic E-state index is -3.48. The first-order valence-corrected chi connectivity index (χ1v) is 7.40. The van der Waals surface area contributed by atoms with Crippen LogP contribution in [0.3, 0.4) is 0 Å². The van der Waals surface area contributed by atoms with Crippen LogP contribution in [0.2, 0.25) is 0 Å². The molecule has 98 valence electrons. The van der Waals surface area contributed by atoms with Crippen LogP contribution >= 0.6 is 0 Å². The Kier molecular flexibility index (Phi) is 4.01. The van der Waals surface area contributed by atoms with Gasteiger partial charge in [0.1, 0.15) is 0 Å². The Bertz CT molecular complexity index is 370. The van der Waals surface area contributed by atoms with Crippen molar-refractivity contribution in [2.45, 2.75) is 43.6 Å². The van der Waals surface area contributed by atoms with Crippen molar-refractivity contribution in [3.05, 3.63) is 0 Å². The third kappa shape index (κ3) is 3.40. The van der Waals surface area contributed by atoms with Gasteiger partial charge < -0.3 is 9.47 Å². The minimum Gasteiger partial charge on any atom is -0.352 e. The minimum absolute atomic E-state index is 0.0635. The Labute approximate surface area is 101 Å². The van der Waals surface area contributed by atoms with Gasteiger partial charge in [0.25, 0.3) is 0 Å². The number of sulfonamides is 1. The molecule has 0 atom stereocenters. The van der Waals surface area contributed by atoms with Crippen LogP contribution in [0.15, 0.2) is 0 Å². The second-order valence-electron chi connectivity index (χ2n) is 4.35. The molecule has 2 rings (SSSR count). The lowest BCUT2D eigenvalue weighted by Gasteiger charge is -2.26. The highest BCUT2D eigenvalue weighted by Crippen LogP contribution is 2.25. The molecular weight excluding hydrogens is 246 g/mol. The van der Waals surface area contributed by atoms with Gasteiger partial charge in [-0.15, -0.1) is 0 Å². The molecule has 1 saturated carbocycles. The summed E-state index contributed by atoms with van der Waals surface area (Å²) in [7, 11) is -3.48. The second kappa shape index (κ2) is 5.32. The van der Waals surface area contributed by atoms with Gasteiger partial charge in [-0.25, -0.2) is 8.42 Å². The van der Waals surface area contributed by atoms with Crippen molar-refractivity contribution >= 4 is 15.9 Å². The highest BCUT2D eigenvalue weighted by atomic mass is 32.2. The molecule has 0 aromatic heterocycles. The molecule has 1 aliphatic heterocycles. The maximum Gasteiger partial charge on any atom is 0.238 e. The molecule has 6 nitrogen and oxygen atoms in total. The van der Waals surface area contributed by atoms with E-state index in [1.165, 1.54) is 0 Å². The Morgan fingerprint density at radius 1 is 1.18 bits per heavy atom. The van der Waals surface area contributed by atoms with Crippen molar-refractivity contribution in [1.29, 1.82) is 0 Å². The summed E-state index contributed by atoms with van der Waals surface area (Å²) in [5, 5.41) is -0.403. The van der Waals surface area contributed by atoms with E-state index in [-0.39, 0.29) is 6.42 Å². The van der Waals surface area contributed by atoms with E-state index in [9.17, 15) is 13.2 Å². The maximum absolute atomic E-state index is 11.7. The fraction of sp³-hybridized carbons (Fsp3) is 0.900. The van der Waals surface area contributed by atoms with Gasteiger partial charge in [-0.1, -0.05) is 6.42 Å². The lowest BCUT2D eigenvalue weighted by molar-refractivity contribution is -0.183. The molecule has 1 heterocycles. The standard InChI is InChI=1S/C10H17NO5S/c12-9(7-10-15-5-2-6-16-10)11-17(13,14)8-3-1-4-8/h8,10H,1-7H2,(H,11,12). The molecule has 17 heavy (non-hydrogen) atoms. The molecule has 1 aliphatic carbocycles. The summed E-state index contributed by atoms with van der Waals surface area (Å²) in [4.78, 5) is 11.5. The Hall–Kier alpha value is -0.660. The van der Waals surface area contributed by atoms with Crippen LogP contribution < -0.4 is 4.72 Å². The molecule has 0 aromatic carbocycles. The monoisotopic (exact) mass is 263 g/mol. The zero-order chi connectivity index (χ0) is 12.3. The van der Waals surface area contributed by atoms with E-state index >= 15 is 0 Å². The average Bonchev–Trinajstić information content (AvgIpc) is 2.13. The van der Waals surface area contributed by atoms with Crippen LogP contribution in [0.25, 0.3) is 0 Å². The van der Waals surface area contributed by atoms with Crippen LogP contribution in [0, 0.1) is 0 Å². The fourth-order valence-electron chi connectivity index (χ4n) is 1.77. The summed E-state index contributed by atoms with van der Waals surface area (Å²) in [6.07, 6.45) is 2.32. The van der Waals surface area contributed by atoms with Crippen LogP contribution in [-0.4, -0.2) is 39.1 Å². The van der Waals surface area contributed by atoms with Gasteiger partial charge >= 0.3 is 0 Å². The van der Waals surface area contributed by atoms with Gasteiger partial charge in [0.2, 0.25) is 15.9 Å². The van der Waals surface area contributed by atoms with Crippen LogP contribution in [0.5, 0.6) is 0 Å². The van der Waals surface area contributed by atoms with E-state index in [0.29, 0.717) is 26.1 Å². The van der Waals surface area contributed by atoms with E-state index in [0.717, 1.165) is 12.8 Å². The summed E-state index contributed by atoms with van der Waals surface area (Å²) in [5.41, 5.74) is 0. The van der Waals surface area contributed by atoms with Crippen LogP contribution in [-0.2, 0) is 24.3 Å². The summed E-state index contributed by atoms with van der Waals surface area (Å²) in [5.74, 6) is -0.552. The van der Waals surface area contributed by atoms with Gasteiger partial charge in [0.05, 0.1) is 24.9 Å². The number of rotatable bonds is 4. The molecule has 1 N–H and O–H groups in total. The molecule has 2 aliphatic rings. The zero-order valence-corrected chi connectivity index (χ0v) is 10.4. The molecule has 0 unspecified atom stereocenters. The number of nitrogens with one attached hydrogen (secondary N) is 1. The third-order valence-corrected chi connectivity index (χ3v) is 4.86. The number of hydrogen-bond acceptors (Lipinski definition) is 5. The largest absolute Gasteiger partial charge is 0.352 e. The zero-order valence-electron chi connectivity index (χ0n) is 9.55. The predicted molar refractivity (Wildman–Crippen MR) is 59.6 cm³/mol. The molecule has 2 fully saturated rings. The Balaban J connectivity index is 1.79. The molecule has 1 amide bonds. The predicted octanol–water partition coefficient (Wildman–Crippen LogP) is 0.138. The first kappa shape index (κ1) is 12.8. The van der Waals surface area contributed by atoms with E-state index in [2.05, 4.69) is 4.72 Å². The third-order valence-electron chi connectivity index (χ3n) is 3.00. The highest BCUT2D eigenvalue weighted by molar-refractivity contribution is 7.90. The van der Waals surface area contributed by atoms with Gasteiger partial charge in [0, 0.05) is 0 Å². The van der Waals surface area contributed by atoms with Gasteiger partial charge in [-0.3, -0.25) is 9.52 Å². The fourth-order valence-corrected chi connectivity index (χ4v) is 3.29. The molecule has 7 heteroatoms. The summed E-state index contributed by atoms with van der Waals surface area (Å²) >= 11 is 0. The lowest BCUT2D eigenvalue weighted by Crippen LogP contribution is -2.43.